The van der Waals surface area contributed by atoms with Gasteiger partial charge in [0.1, 0.15) is 5.75 Å². The summed E-state index contributed by atoms with van der Waals surface area (Å²) >= 11 is 3.45. The fourth-order valence-corrected chi connectivity index (χ4v) is 5.84. The Hall–Kier alpha value is -2.84. The van der Waals surface area contributed by atoms with E-state index in [9.17, 15) is 13.2 Å². The van der Waals surface area contributed by atoms with Gasteiger partial charge in [0.2, 0.25) is 9.84 Å². The number of rotatable bonds is 6. The number of sulfone groups is 1. The minimum Gasteiger partial charge on any atom is -0.497 e. The summed E-state index contributed by atoms with van der Waals surface area (Å²) in [6.45, 7) is 3.39. The maximum absolute atomic E-state index is 13.7. The largest absolute Gasteiger partial charge is 0.497 e. The molecule has 0 radical (unpaired) electrons. The number of carbonyl (C=O) groups excluding carboxylic acids is 1. The molecule has 0 unspecified atom stereocenters. The Balaban J connectivity index is 2.34. The highest BCUT2D eigenvalue weighted by molar-refractivity contribution is 9.10. The van der Waals surface area contributed by atoms with Crippen LogP contribution >= 0.6 is 15.9 Å². The summed E-state index contributed by atoms with van der Waals surface area (Å²) in [6.07, 6.45) is 0.311. The summed E-state index contributed by atoms with van der Waals surface area (Å²) in [5.41, 5.74) is 9.06. The number of nitrogens with two attached hydrogens (primary N) is 1. The van der Waals surface area contributed by atoms with E-state index in [2.05, 4.69) is 15.9 Å². The molecule has 3 aromatic rings. The number of halogens is 1. The number of carbonyl (C=O) groups is 1. The molecule has 0 atom stereocenters. The normalized spacial score (nSPS) is 11.3. The zero-order valence-electron chi connectivity index (χ0n) is 18.2. The standard InChI is InChI=1S/C24H24BrNO5S/c1-14-20(13-16-6-5-7-17(25)12-16)21(24(27)31-4)23(15(2)22(14)26)32(28,29)19-10-8-18(30-3)9-11-19/h5-12H,13,26H2,1-4H3. The first-order valence-corrected chi connectivity index (χ1v) is 12.0. The lowest BCUT2D eigenvalue weighted by molar-refractivity contribution is 0.0595. The van der Waals surface area contributed by atoms with Gasteiger partial charge in [-0.2, -0.15) is 0 Å². The van der Waals surface area contributed by atoms with E-state index in [1.54, 1.807) is 26.0 Å². The van der Waals surface area contributed by atoms with E-state index in [0.29, 0.717) is 34.5 Å². The lowest BCUT2D eigenvalue weighted by Crippen LogP contribution is -2.19. The molecule has 6 nitrogen and oxygen atoms in total. The van der Waals surface area contributed by atoms with Crippen LogP contribution in [0.3, 0.4) is 0 Å². The van der Waals surface area contributed by atoms with Gasteiger partial charge in [-0.3, -0.25) is 0 Å². The zero-order chi connectivity index (χ0) is 23.6. The molecule has 0 aliphatic rings. The van der Waals surface area contributed by atoms with Crippen molar-refractivity contribution in [3.63, 3.8) is 0 Å². The Morgan fingerprint density at radius 3 is 2.25 bits per heavy atom. The van der Waals surface area contributed by atoms with Crippen LogP contribution < -0.4 is 10.5 Å². The predicted molar refractivity (Wildman–Crippen MR) is 127 cm³/mol. The van der Waals surface area contributed by atoms with Crippen LogP contribution in [-0.4, -0.2) is 28.6 Å². The monoisotopic (exact) mass is 517 g/mol. The fraction of sp³-hybridized carbons (Fsp3) is 0.208. The Morgan fingerprint density at radius 1 is 1.03 bits per heavy atom. The van der Waals surface area contributed by atoms with Crippen LogP contribution in [0.5, 0.6) is 5.75 Å². The van der Waals surface area contributed by atoms with E-state index >= 15 is 0 Å². The lowest BCUT2D eigenvalue weighted by Gasteiger charge is -2.21. The zero-order valence-corrected chi connectivity index (χ0v) is 20.6. The molecule has 0 heterocycles. The molecule has 2 N–H and O–H groups in total. The van der Waals surface area contributed by atoms with Crippen LogP contribution in [0.15, 0.2) is 62.8 Å². The van der Waals surface area contributed by atoms with Crippen molar-refractivity contribution in [2.45, 2.75) is 30.1 Å². The van der Waals surface area contributed by atoms with Crippen LogP contribution in [0.25, 0.3) is 0 Å². The number of nitrogen functional groups attached to an aromatic ring is 1. The highest BCUT2D eigenvalue weighted by Gasteiger charge is 2.32. The van der Waals surface area contributed by atoms with Crippen molar-refractivity contribution in [1.29, 1.82) is 0 Å². The van der Waals surface area contributed by atoms with Crippen molar-refractivity contribution in [1.82, 2.24) is 0 Å². The molecule has 0 bridgehead atoms. The Bertz CT molecular complexity index is 1280. The van der Waals surface area contributed by atoms with Gasteiger partial charge in [-0.1, -0.05) is 28.1 Å². The first kappa shape index (κ1) is 23.8. The molecule has 0 fully saturated rings. The first-order chi connectivity index (χ1) is 15.1. The second kappa shape index (κ2) is 9.34. The third-order valence-electron chi connectivity index (χ3n) is 5.43. The smallest absolute Gasteiger partial charge is 0.339 e. The van der Waals surface area contributed by atoms with Crippen molar-refractivity contribution >= 4 is 37.4 Å². The molecule has 32 heavy (non-hydrogen) atoms. The minimum absolute atomic E-state index is 0.00694. The molecule has 0 spiro atoms. The molecule has 168 valence electrons. The number of hydrogen-bond donors (Lipinski definition) is 1. The van der Waals surface area contributed by atoms with Gasteiger partial charge in [0.25, 0.3) is 0 Å². The van der Waals surface area contributed by atoms with Gasteiger partial charge in [0, 0.05) is 10.2 Å². The molecular formula is C24H24BrNO5S. The van der Waals surface area contributed by atoms with E-state index in [0.717, 1.165) is 10.0 Å². The van der Waals surface area contributed by atoms with Crippen LogP contribution in [-0.2, 0) is 21.0 Å². The maximum atomic E-state index is 13.7. The number of anilines is 1. The first-order valence-electron chi connectivity index (χ1n) is 9.75. The minimum atomic E-state index is -4.09. The van der Waals surface area contributed by atoms with Gasteiger partial charge in [-0.05, 0) is 78.9 Å². The lowest BCUT2D eigenvalue weighted by atomic mass is 9.91. The molecule has 0 aliphatic heterocycles. The average molecular weight is 518 g/mol. The SMILES string of the molecule is COC(=O)c1c(Cc2cccc(Br)c2)c(C)c(N)c(C)c1S(=O)(=O)c1ccc(OC)cc1. The van der Waals surface area contributed by atoms with Gasteiger partial charge in [0.15, 0.2) is 0 Å². The maximum Gasteiger partial charge on any atom is 0.339 e. The van der Waals surface area contributed by atoms with E-state index < -0.39 is 15.8 Å². The number of benzene rings is 3. The van der Waals surface area contributed by atoms with E-state index in [-0.39, 0.29) is 15.4 Å². The molecule has 3 rings (SSSR count). The summed E-state index contributed by atoms with van der Waals surface area (Å²) in [6, 6.07) is 13.6. The molecule has 8 heteroatoms. The molecule has 0 aromatic heterocycles. The van der Waals surface area contributed by atoms with Crippen molar-refractivity contribution in [3.05, 3.63) is 80.8 Å². The number of hydrogen-bond acceptors (Lipinski definition) is 6. The van der Waals surface area contributed by atoms with Crippen LogP contribution in [0, 0.1) is 13.8 Å². The van der Waals surface area contributed by atoms with Gasteiger partial charge in [-0.15, -0.1) is 0 Å². The van der Waals surface area contributed by atoms with E-state index in [1.165, 1.54) is 26.4 Å². The van der Waals surface area contributed by atoms with Gasteiger partial charge < -0.3 is 15.2 Å². The fourth-order valence-electron chi connectivity index (χ4n) is 3.68. The quantitative estimate of drug-likeness (QED) is 0.370. The van der Waals surface area contributed by atoms with Crippen molar-refractivity contribution < 1.29 is 22.7 Å². The summed E-state index contributed by atoms with van der Waals surface area (Å²) < 4.78 is 38.4. The summed E-state index contributed by atoms with van der Waals surface area (Å²) in [4.78, 5) is 12.8. The summed E-state index contributed by atoms with van der Waals surface area (Å²) in [7, 11) is -1.36. The third-order valence-corrected chi connectivity index (χ3v) is 7.86. The van der Waals surface area contributed by atoms with Gasteiger partial charge in [0.05, 0.1) is 29.6 Å². The Morgan fingerprint density at radius 2 is 1.69 bits per heavy atom. The second-order valence-corrected chi connectivity index (χ2v) is 10.1. The number of esters is 1. The summed E-state index contributed by atoms with van der Waals surface area (Å²) in [5.74, 6) is -0.207. The Kier molecular flexibility index (Phi) is 6.95. The summed E-state index contributed by atoms with van der Waals surface area (Å²) in [5, 5.41) is 0. The second-order valence-electron chi connectivity index (χ2n) is 7.32. The molecular weight excluding hydrogens is 494 g/mol. The molecule has 3 aromatic carbocycles. The molecule has 0 saturated carbocycles. The van der Waals surface area contributed by atoms with Gasteiger partial charge in [-0.25, -0.2) is 13.2 Å². The highest BCUT2D eigenvalue weighted by Crippen LogP contribution is 2.37. The average Bonchev–Trinajstić information content (AvgIpc) is 2.78. The topological polar surface area (TPSA) is 95.7 Å². The number of ether oxygens (including phenoxy) is 2. The highest BCUT2D eigenvalue weighted by atomic mass is 79.9. The molecule has 0 saturated heterocycles. The van der Waals surface area contributed by atoms with Gasteiger partial charge >= 0.3 is 5.97 Å². The van der Waals surface area contributed by atoms with Crippen molar-refractivity contribution in [3.8, 4) is 5.75 Å². The third kappa shape index (κ3) is 4.38. The molecule has 0 amide bonds. The predicted octanol–water partition coefficient (Wildman–Crippen LogP) is 4.87. The van der Waals surface area contributed by atoms with Crippen LogP contribution in [0.4, 0.5) is 5.69 Å². The Labute approximate surface area is 196 Å². The van der Waals surface area contributed by atoms with Crippen molar-refractivity contribution in [2.75, 3.05) is 20.0 Å². The van der Waals surface area contributed by atoms with Crippen molar-refractivity contribution in [2.24, 2.45) is 0 Å². The van der Waals surface area contributed by atoms with E-state index in [4.69, 9.17) is 15.2 Å². The number of methoxy groups -OCH3 is 2. The van der Waals surface area contributed by atoms with Crippen LogP contribution in [0.2, 0.25) is 0 Å². The van der Waals surface area contributed by atoms with E-state index in [1.807, 2.05) is 24.3 Å². The van der Waals surface area contributed by atoms with Crippen LogP contribution in [0.1, 0.15) is 32.6 Å². The molecule has 0 aliphatic carbocycles.